The molecule has 0 aliphatic carbocycles. The van der Waals surface area contributed by atoms with Crippen molar-refractivity contribution < 1.29 is 8.42 Å². The lowest BCUT2D eigenvalue weighted by Crippen LogP contribution is -2.42. The van der Waals surface area contributed by atoms with E-state index in [9.17, 15) is 8.42 Å². The van der Waals surface area contributed by atoms with Crippen molar-refractivity contribution in [3.63, 3.8) is 0 Å². The highest BCUT2D eigenvalue weighted by molar-refractivity contribution is 7.89. The van der Waals surface area contributed by atoms with E-state index in [0.29, 0.717) is 24.8 Å². The number of nitrogens with zero attached hydrogens (tertiary/aromatic N) is 2. The Kier molecular flexibility index (Phi) is 3.30. The predicted octanol–water partition coefficient (Wildman–Crippen LogP) is -0.392. The maximum absolute atomic E-state index is 11.6. The monoisotopic (exact) mass is 233 g/mol. The van der Waals surface area contributed by atoms with E-state index in [-0.39, 0.29) is 0 Å². The van der Waals surface area contributed by atoms with Crippen molar-refractivity contribution in [2.45, 2.75) is 19.3 Å². The second kappa shape index (κ2) is 4.37. The van der Waals surface area contributed by atoms with Crippen LogP contribution in [0.1, 0.15) is 19.3 Å². The number of nitrogens with two attached hydrogens (primary N) is 1. The standard InChI is InChI=1S/C9H19N3O2S/c10-11-5-2-9(3-6-11)8-12-4-1-7-15(12,13)14/h9H,1-8,10H2. The summed E-state index contributed by atoms with van der Waals surface area (Å²) in [6.07, 6.45) is 2.82. The zero-order valence-electron chi connectivity index (χ0n) is 8.93. The first kappa shape index (κ1) is 11.3. The lowest BCUT2D eigenvalue weighted by atomic mass is 9.98. The van der Waals surface area contributed by atoms with Crippen LogP contribution < -0.4 is 5.84 Å². The third-order valence-corrected chi connectivity index (χ3v) is 5.24. The van der Waals surface area contributed by atoms with E-state index in [1.807, 2.05) is 5.01 Å². The average molecular weight is 233 g/mol. The summed E-state index contributed by atoms with van der Waals surface area (Å²) in [5.41, 5.74) is 0. The maximum Gasteiger partial charge on any atom is 0.214 e. The summed E-state index contributed by atoms with van der Waals surface area (Å²) in [7, 11) is -2.91. The fourth-order valence-corrected chi connectivity index (χ4v) is 3.92. The minimum absolute atomic E-state index is 0.336. The van der Waals surface area contributed by atoms with Crippen LogP contribution in [0.2, 0.25) is 0 Å². The topological polar surface area (TPSA) is 66.6 Å². The fraction of sp³-hybridized carbons (Fsp3) is 1.00. The SMILES string of the molecule is NN1CCC(CN2CCCS2(=O)=O)CC1. The number of rotatable bonds is 2. The van der Waals surface area contributed by atoms with Crippen molar-refractivity contribution in [3.8, 4) is 0 Å². The van der Waals surface area contributed by atoms with E-state index in [1.54, 1.807) is 4.31 Å². The van der Waals surface area contributed by atoms with Gasteiger partial charge in [-0.3, -0.25) is 5.84 Å². The highest BCUT2D eigenvalue weighted by Gasteiger charge is 2.31. The molecule has 0 saturated carbocycles. The Morgan fingerprint density at radius 2 is 1.87 bits per heavy atom. The van der Waals surface area contributed by atoms with Gasteiger partial charge in [0.05, 0.1) is 5.75 Å². The Balaban J connectivity index is 1.87. The molecule has 2 rings (SSSR count). The summed E-state index contributed by atoms with van der Waals surface area (Å²) in [6.45, 7) is 3.19. The van der Waals surface area contributed by atoms with Crippen LogP contribution >= 0.6 is 0 Å². The molecule has 5 nitrogen and oxygen atoms in total. The van der Waals surface area contributed by atoms with Gasteiger partial charge in [-0.25, -0.2) is 17.7 Å². The molecule has 15 heavy (non-hydrogen) atoms. The first-order valence-electron chi connectivity index (χ1n) is 5.55. The highest BCUT2D eigenvalue weighted by Crippen LogP contribution is 2.21. The van der Waals surface area contributed by atoms with Crippen LogP contribution in [0.5, 0.6) is 0 Å². The second-order valence-electron chi connectivity index (χ2n) is 4.51. The molecular weight excluding hydrogens is 214 g/mol. The van der Waals surface area contributed by atoms with Gasteiger partial charge in [-0.1, -0.05) is 0 Å². The molecule has 6 heteroatoms. The van der Waals surface area contributed by atoms with Gasteiger partial charge in [-0.05, 0) is 25.2 Å². The van der Waals surface area contributed by atoms with E-state index in [2.05, 4.69) is 0 Å². The first-order valence-corrected chi connectivity index (χ1v) is 7.16. The Hall–Kier alpha value is -0.170. The molecule has 0 aromatic rings. The van der Waals surface area contributed by atoms with Gasteiger partial charge in [0.2, 0.25) is 10.0 Å². The van der Waals surface area contributed by atoms with E-state index in [4.69, 9.17) is 5.84 Å². The van der Waals surface area contributed by atoms with Gasteiger partial charge in [-0.2, -0.15) is 0 Å². The second-order valence-corrected chi connectivity index (χ2v) is 6.60. The third kappa shape index (κ3) is 2.69. The van der Waals surface area contributed by atoms with Crippen LogP contribution in [0.3, 0.4) is 0 Å². The fourth-order valence-electron chi connectivity index (χ4n) is 2.32. The summed E-state index contributed by atoms with van der Waals surface area (Å²) < 4.78 is 24.8. The molecule has 0 radical (unpaired) electrons. The zero-order chi connectivity index (χ0) is 10.9. The molecule has 2 aliphatic rings. The third-order valence-electron chi connectivity index (χ3n) is 3.31. The molecule has 2 saturated heterocycles. The van der Waals surface area contributed by atoms with Gasteiger partial charge in [0.1, 0.15) is 0 Å². The van der Waals surface area contributed by atoms with E-state index >= 15 is 0 Å². The Morgan fingerprint density at radius 1 is 1.20 bits per heavy atom. The minimum Gasteiger partial charge on any atom is -0.269 e. The van der Waals surface area contributed by atoms with Crippen molar-refractivity contribution in [1.82, 2.24) is 9.31 Å². The Bertz CT molecular complexity index is 309. The van der Waals surface area contributed by atoms with E-state index < -0.39 is 10.0 Å². The Labute approximate surface area is 91.2 Å². The van der Waals surface area contributed by atoms with Crippen molar-refractivity contribution in [2.24, 2.45) is 11.8 Å². The molecule has 0 bridgehead atoms. The molecule has 2 N–H and O–H groups in total. The molecule has 2 heterocycles. The lowest BCUT2D eigenvalue weighted by Gasteiger charge is -2.30. The number of hydrazine groups is 1. The van der Waals surface area contributed by atoms with Crippen molar-refractivity contribution in [2.75, 3.05) is 31.9 Å². The summed E-state index contributed by atoms with van der Waals surface area (Å²) in [6, 6.07) is 0. The van der Waals surface area contributed by atoms with Crippen LogP contribution in [0.25, 0.3) is 0 Å². The van der Waals surface area contributed by atoms with Crippen LogP contribution in [0, 0.1) is 5.92 Å². The summed E-state index contributed by atoms with van der Waals surface area (Å²) in [5.74, 6) is 6.49. The molecule has 0 aromatic heterocycles. The van der Waals surface area contributed by atoms with Gasteiger partial charge in [0.25, 0.3) is 0 Å². The number of sulfonamides is 1. The molecule has 0 unspecified atom stereocenters. The molecule has 0 amide bonds. The van der Waals surface area contributed by atoms with Crippen LogP contribution in [0.15, 0.2) is 0 Å². The van der Waals surface area contributed by atoms with Crippen LogP contribution in [-0.2, 0) is 10.0 Å². The van der Waals surface area contributed by atoms with Gasteiger partial charge in [0, 0.05) is 26.2 Å². The van der Waals surface area contributed by atoms with Gasteiger partial charge in [-0.15, -0.1) is 0 Å². The molecule has 0 spiro atoms. The van der Waals surface area contributed by atoms with E-state index in [0.717, 1.165) is 32.4 Å². The highest BCUT2D eigenvalue weighted by atomic mass is 32.2. The van der Waals surface area contributed by atoms with Gasteiger partial charge in [0.15, 0.2) is 0 Å². The minimum atomic E-state index is -2.91. The molecule has 2 aliphatic heterocycles. The van der Waals surface area contributed by atoms with Crippen LogP contribution in [0.4, 0.5) is 0 Å². The molecule has 2 fully saturated rings. The van der Waals surface area contributed by atoms with Crippen molar-refractivity contribution in [3.05, 3.63) is 0 Å². The lowest BCUT2D eigenvalue weighted by molar-refractivity contribution is 0.172. The summed E-state index contributed by atoms with van der Waals surface area (Å²) in [4.78, 5) is 0. The van der Waals surface area contributed by atoms with E-state index in [1.165, 1.54) is 0 Å². The maximum atomic E-state index is 11.6. The van der Waals surface area contributed by atoms with Gasteiger partial charge < -0.3 is 0 Å². The van der Waals surface area contributed by atoms with Crippen LogP contribution in [-0.4, -0.2) is 49.7 Å². The summed E-state index contributed by atoms with van der Waals surface area (Å²) >= 11 is 0. The largest absolute Gasteiger partial charge is 0.269 e. The van der Waals surface area contributed by atoms with Gasteiger partial charge >= 0.3 is 0 Å². The first-order chi connectivity index (χ1) is 7.08. The Morgan fingerprint density at radius 3 is 2.40 bits per heavy atom. The number of piperidine rings is 1. The smallest absolute Gasteiger partial charge is 0.214 e. The normalized spacial score (nSPS) is 29.7. The molecule has 0 atom stereocenters. The zero-order valence-corrected chi connectivity index (χ0v) is 9.75. The molecular formula is C9H19N3O2S. The predicted molar refractivity (Wildman–Crippen MR) is 58.5 cm³/mol. The molecule has 0 aromatic carbocycles. The number of hydrogen-bond donors (Lipinski definition) is 1. The number of hydrogen-bond acceptors (Lipinski definition) is 4. The average Bonchev–Trinajstić information content (AvgIpc) is 2.50. The summed E-state index contributed by atoms with van der Waals surface area (Å²) in [5, 5.41) is 1.81. The van der Waals surface area contributed by atoms with Crippen molar-refractivity contribution in [1.29, 1.82) is 0 Å². The molecule has 88 valence electrons. The quantitative estimate of drug-likeness (QED) is 0.660. The van der Waals surface area contributed by atoms with Crippen molar-refractivity contribution >= 4 is 10.0 Å².